The lowest BCUT2D eigenvalue weighted by Crippen LogP contribution is -2.22. The highest BCUT2D eigenvalue weighted by molar-refractivity contribution is 4.86. The molecule has 10 heavy (non-hydrogen) atoms. The van der Waals surface area contributed by atoms with Crippen LogP contribution in [0, 0.1) is 11.8 Å². The molecule has 1 heteroatoms. The molecule has 3 unspecified atom stereocenters. The first-order valence-corrected chi connectivity index (χ1v) is 4.56. The minimum atomic E-state index is 0.0605. The molecule has 2 rings (SSSR count). The summed E-state index contributed by atoms with van der Waals surface area (Å²) >= 11 is 0. The Labute approximate surface area is 62.4 Å². The van der Waals surface area contributed by atoms with Crippen LogP contribution in [0.25, 0.3) is 0 Å². The molecule has 0 bridgehead atoms. The Balaban J connectivity index is 2.01. The Morgan fingerprint density at radius 3 is 2.50 bits per heavy atom. The van der Waals surface area contributed by atoms with Crippen molar-refractivity contribution in [3.63, 3.8) is 0 Å². The monoisotopic (exact) mass is 140 g/mol. The predicted octanol–water partition coefficient (Wildman–Crippen LogP) is 1.95. The number of rotatable bonds is 0. The molecule has 2 aliphatic rings. The van der Waals surface area contributed by atoms with Crippen LogP contribution < -0.4 is 0 Å². The molecule has 2 aliphatic carbocycles. The average molecular weight is 140 g/mol. The molecule has 2 fully saturated rings. The van der Waals surface area contributed by atoms with Gasteiger partial charge in [-0.2, -0.15) is 0 Å². The van der Waals surface area contributed by atoms with E-state index in [1.807, 2.05) is 0 Å². The van der Waals surface area contributed by atoms with E-state index in [1.54, 1.807) is 0 Å². The van der Waals surface area contributed by atoms with Crippen molar-refractivity contribution in [1.82, 2.24) is 0 Å². The summed E-state index contributed by atoms with van der Waals surface area (Å²) in [7, 11) is 0. The molecule has 58 valence electrons. The van der Waals surface area contributed by atoms with Crippen LogP contribution in [0.1, 0.15) is 38.5 Å². The maximum Gasteiger partial charge on any atom is 0.0571 e. The van der Waals surface area contributed by atoms with Crippen molar-refractivity contribution in [3.8, 4) is 0 Å². The minimum absolute atomic E-state index is 0.0605. The molecule has 3 atom stereocenters. The van der Waals surface area contributed by atoms with E-state index in [0.29, 0.717) is 5.92 Å². The highest BCUT2D eigenvalue weighted by Gasteiger charge is 2.35. The molecular weight excluding hydrogens is 124 g/mol. The second-order valence-corrected chi connectivity index (χ2v) is 3.85. The van der Waals surface area contributed by atoms with Gasteiger partial charge in [-0.25, -0.2) is 0 Å². The Kier molecular flexibility index (Phi) is 1.69. The van der Waals surface area contributed by atoms with Crippen molar-refractivity contribution in [2.45, 2.75) is 44.6 Å². The standard InChI is InChI=1S/C9H16O/c10-9-6-5-7-3-1-2-4-8(7)9/h7-10H,1-6H2. The number of hydrogen-bond acceptors (Lipinski definition) is 1. The first-order valence-electron chi connectivity index (χ1n) is 4.56. The topological polar surface area (TPSA) is 20.2 Å². The van der Waals surface area contributed by atoms with Crippen molar-refractivity contribution in [3.05, 3.63) is 0 Å². The summed E-state index contributed by atoms with van der Waals surface area (Å²) in [4.78, 5) is 0. The molecule has 0 aliphatic heterocycles. The van der Waals surface area contributed by atoms with Crippen molar-refractivity contribution in [2.24, 2.45) is 11.8 Å². The molecule has 2 saturated carbocycles. The number of aliphatic hydroxyl groups is 1. The molecule has 0 amide bonds. The molecule has 0 aromatic rings. The second kappa shape index (κ2) is 2.54. The molecule has 0 aromatic carbocycles. The third-order valence-corrected chi connectivity index (χ3v) is 3.30. The largest absolute Gasteiger partial charge is 0.393 e. The Morgan fingerprint density at radius 2 is 1.70 bits per heavy atom. The lowest BCUT2D eigenvalue weighted by molar-refractivity contribution is 0.0963. The zero-order valence-corrected chi connectivity index (χ0v) is 6.42. The fourth-order valence-corrected chi connectivity index (χ4v) is 2.70. The summed E-state index contributed by atoms with van der Waals surface area (Å²) < 4.78 is 0. The van der Waals surface area contributed by atoms with Crippen LogP contribution in [0.2, 0.25) is 0 Å². The summed E-state index contributed by atoms with van der Waals surface area (Å²) in [5.74, 6) is 1.58. The van der Waals surface area contributed by atoms with E-state index in [2.05, 4.69) is 0 Å². The summed E-state index contributed by atoms with van der Waals surface area (Å²) in [6, 6.07) is 0. The fraction of sp³-hybridized carbons (Fsp3) is 1.00. The molecule has 0 radical (unpaired) electrons. The summed E-state index contributed by atoms with van der Waals surface area (Å²) in [6.45, 7) is 0. The van der Waals surface area contributed by atoms with Gasteiger partial charge in [-0.3, -0.25) is 0 Å². The van der Waals surface area contributed by atoms with Gasteiger partial charge in [0, 0.05) is 0 Å². The number of aliphatic hydroxyl groups excluding tert-OH is 1. The maximum absolute atomic E-state index is 9.52. The second-order valence-electron chi connectivity index (χ2n) is 3.85. The maximum atomic E-state index is 9.52. The van der Waals surface area contributed by atoms with Crippen molar-refractivity contribution < 1.29 is 5.11 Å². The Bertz CT molecular complexity index is 120. The van der Waals surface area contributed by atoms with Crippen LogP contribution in [0.5, 0.6) is 0 Å². The lowest BCUT2D eigenvalue weighted by Gasteiger charge is -2.26. The van der Waals surface area contributed by atoms with E-state index >= 15 is 0 Å². The molecule has 1 N–H and O–H groups in total. The molecule has 0 heterocycles. The van der Waals surface area contributed by atoms with Gasteiger partial charge in [-0.15, -0.1) is 0 Å². The third-order valence-electron chi connectivity index (χ3n) is 3.30. The van der Waals surface area contributed by atoms with Crippen LogP contribution in [0.4, 0.5) is 0 Å². The number of hydrogen-bond donors (Lipinski definition) is 1. The van der Waals surface area contributed by atoms with Gasteiger partial charge in [0.05, 0.1) is 6.10 Å². The summed E-state index contributed by atoms with van der Waals surface area (Å²) in [5.41, 5.74) is 0. The van der Waals surface area contributed by atoms with E-state index in [9.17, 15) is 5.11 Å². The quantitative estimate of drug-likeness (QED) is 0.545. The average Bonchev–Trinajstić information content (AvgIpc) is 2.34. The van der Waals surface area contributed by atoms with Crippen LogP contribution in [-0.4, -0.2) is 11.2 Å². The minimum Gasteiger partial charge on any atom is -0.393 e. The van der Waals surface area contributed by atoms with Gasteiger partial charge in [0.15, 0.2) is 0 Å². The predicted molar refractivity (Wildman–Crippen MR) is 40.7 cm³/mol. The van der Waals surface area contributed by atoms with Crippen molar-refractivity contribution >= 4 is 0 Å². The SMILES string of the molecule is OC1CCC2CCCCC12. The highest BCUT2D eigenvalue weighted by atomic mass is 16.3. The van der Waals surface area contributed by atoms with Crippen LogP contribution >= 0.6 is 0 Å². The van der Waals surface area contributed by atoms with Crippen LogP contribution in [-0.2, 0) is 0 Å². The Morgan fingerprint density at radius 1 is 0.900 bits per heavy atom. The Hall–Kier alpha value is -0.0400. The van der Waals surface area contributed by atoms with E-state index in [4.69, 9.17) is 0 Å². The van der Waals surface area contributed by atoms with Crippen molar-refractivity contribution in [1.29, 1.82) is 0 Å². The van der Waals surface area contributed by atoms with Gasteiger partial charge < -0.3 is 5.11 Å². The van der Waals surface area contributed by atoms with Crippen LogP contribution in [0.15, 0.2) is 0 Å². The van der Waals surface area contributed by atoms with E-state index in [0.717, 1.165) is 12.3 Å². The molecule has 0 saturated heterocycles. The summed E-state index contributed by atoms with van der Waals surface area (Å²) in [6.07, 6.45) is 7.89. The van der Waals surface area contributed by atoms with Crippen LogP contribution in [0.3, 0.4) is 0 Å². The van der Waals surface area contributed by atoms with Gasteiger partial charge in [-0.1, -0.05) is 19.3 Å². The first kappa shape index (κ1) is 6.66. The van der Waals surface area contributed by atoms with E-state index in [1.165, 1.54) is 32.1 Å². The van der Waals surface area contributed by atoms with Gasteiger partial charge in [0.25, 0.3) is 0 Å². The van der Waals surface area contributed by atoms with Gasteiger partial charge in [0.1, 0.15) is 0 Å². The number of fused-ring (bicyclic) bond motifs is 1. The van der Waals surface area contributed by atoms with Gasteiger partial charge in [0.2, 0.25) is 0 Å². The highest BCUT2D eigenvalue weighted by Crippen LogP contribution is 2.41. The molecule has 0 aromatic heterocycles. The summed E-state index contributed by atoms with van der Waals surface area (Å²) in [5, 5.41) is 9.52. The lowest BCUT2D eigenvalue weighted by atomic mass is 9.81. The molecule has 1 nitrogen and oxygen atoms in total. The zero-order valence-electron chi connectivity index (χ0n) is 6.42. The van der Waals surface area contributed by atoms with E-state index in [-0.39, 0.29) is 6.10 Å². The molecule has 0 spiro atoms. The molecular formula is C9H16O. The zero-order chi connectivity index (χ0) is 6.97. The smallest absolute Gasteiger partial charge is 0.0571 e. The third kappa shape index (κ3) is 0.968. The fourth-order valence-electron chi connectivity index (χ4n) is 2.70. The van der Waals surface area contributed by atoms with Gasteiger partial charge >= 0.3 is 0 Å². The van der Waals surface area contributed by atoms with E-state index < -0.39 is 0 Å². The normalized spacial score (nSPS) is 47.1. The first-order chi connectivity index (χ1) is 4.88. The van der Waals surface area contributed by atoms with Gasteiger partial charge in [-0.05, 0) is 31.1 Å². The van der Waals surface area contributed by atoms with Crippen molar-refractivity contribution in [2.75, 3.05) is 0 Å².